The molecule has 1 fully saturated rings. The molecule has 0 unspecified atom stereocenters. The van der Waals surface area contributed by atoms with Crippen LogP contribution in [0.15, 0.2) is 18.2 Å². The maximum Gasteiger partial charge on any atom is 0.337 e. The molecule has 0 atom stereocenters. The SMILES string of the molecule is O=C(O)c1cc(CN2CCCC2)ccc1Cl. The number of hydrogen-bond acceptors (Lipinski definition) is 2. The van der Waals surface area contributed by atoms with Crippen molar-refractivity contribution >= 4 is 17.6 Å². The molecule has 0 aliphatic carbocycles. The molecule has 4 heteroatoms. The number of likely N-dealkylation sites (tertiary alicyclic amines) is 1. The van der Waals surface area contributed by atoms with Crippen molar-refractivity contribution in [3.8, 4) is 0 Å². The van der Waals surface area contributed by atoms with Gasteiger partial charge in [-0.25, -0.2) is 4.79 Å². The Morgan fingerprint density at radius 2 is 2.06 bits per heavy atom. The van der Waals surface area contributed by atoms with Crippen LogP contribution in [0.4, 0.5) is 0 Å². The fourth-order valence-electron chi connectivity index (χ4n) is 2.03. The summed E-state index contributed by atoms with van der Waals surface area (Å²) in [5, 5.41) is 9.26. The quantitative estimate of drug-likeness (QED) is 0.882. The summed E-state index contributed by atoms with van der Waals surface area (Å²) in [6, 6.07) is 5.23. The van der Waals surface area contributed by atoms with E-state index in [4.69, 9.17) is 16.7 Å². The van der Waals surface area contributed by atoms with E-state index in [1.807, 2.05) is 6.07 Å². The number of rotatable bonds is 3. The van der Waals surface area contributed by atoms with Crippen LogP contribution < -0.4 is 0 Å². The zero-order valence-corrected chi connectivity index (χ0v) is 9.70. The molecule has 0 amide bonds. The first-order valence-electron chi connectivity index (χ1n) is 5.41. The van der Waals surface area contributed by atoms with Crippen LogP contribution in [0, 0.1) is 0 Å². The van der Waals surface area contributed by atoms with E-state index < -0.39 is 5.97 Å². The summed E-state index contributed by atoms with van der Waals surface area (Å²) in [5.74, 6) is -0.965. The van der Waals surface area contributed by atoms with Crippen LogP contribution in [0.25, 0.3) is 0 Å². The Morgan fingerprint density at radius 3 is 2.69 bits per heavy atom. The minimum absolute atomic E-state index is 0.193. The van der Waals surface area contributed by atoms with Gasteiger partial charge in [0.25, 0.3) is 0 Å². The van der Waals surface area contributed by atoms with Crippen molar-refractivity contribution in [2.24, 2.45) is 0 Å². The smallest absolute Gasteiger partial charge is 0.337 e. The van der Waals surface area contributed by atoms with Crippen molar-refractivity contribution in [2.75, 3.05) is 13.1 Å². The Hall–Kier alpha value is -1.06. The molecule has 0 saturated carbocycles. The maximum atomic E-state index is 10.9. The van der Waals surface area contributed by atoms with E-state index in [9.17, 15) is 4.79 Å². The van der Waals surface area contributed by atoms with Gasteiger partial charge in [0.05, 0.1) is 10.6 Å². The highest BCUT2D eigenvalue weighted by Crippen LogP contribution is 2.20. The molecule has 2 rings (SSSR count). The summed E-state index contributed by atoms with van der Waals surface area (Å²) in [5.41, 5.74) is 1.21. The molecule has 0 aromatic heterocycles. The summed E-state index contributed by atoms with van der Waals surface area (Å²) in [4.78, 5) is 13.2. The second kappa shape index (κ2) is 4.85. The zero-order valence-electron chi connectivity index (χ0n) is 8.95. The predicted molar refractivity (Wildman–Crippen MR) is 62.9 cm³/mol. The van der Waals surface area contributed by atoms with Gasteiger partial charge in [-0.2, -0.15) is 0 Å². The molecular formula is C12H14ClNO2. The largest absolute Gasteiger partial charge is 0.478 e. The molecule has 0 spiro atoms. The Bertz CT molecular complexity index is 400. The standard InChI is InChI=1S/C12H14ClNO2/c13-11-4-3-9(7-10(11)12(15)16)8-14-5-1-2-6-14/h3-4,7H,1-2,5-6,8H2,(H,15,16). The Labute approximate surface area is 99.6 Å². The summed E-state index contributed by atoms with van der Waals surface area (Å²) in [6.07, 6.45) is 2.47. The number of aromatic carboxylic acids is 1. The van der Waals surface area contributed by atoms with Gasteiger partial charge < -0.3 is 5.11 Å². The molecular weight excluding hydrogens is 226 g/mol. The third kappa shape index (κ3) is 2.54. The van der Waals surface area contributed by atoms with Crippen LogP contribution in [-0.2, 0) is 6.54 Å². The first kappa shape index (κ1) is 11.4. The fourth-order valence-corrected chi connectivity index (χ4v) is 2.23. The predicted octanol–water partition coefficient (Wildman–Crippen LogP) is 2.63. The highest BCUT2D eigenvalue weighted by atomic mass is 35.5. The lowest BCUT2D eigenvalue weighted by Gasteiger charge is -2.14. The van der Waals surface area contributed by atoms with Gasteiger partial charge in [0.1, 0.15) is 0 Å². The minimum Gasteiger partial charge on any atom is -0.478 e. The van der Waals surface area contributed by atoms with E-state index >= 15 is 0 Å². The molecule has 1 heterocycles. The Balaban J connectivity index is 2.15. The molecule has 3 nitrogen and oxygen atoms in total. The van der Waals surface area contributed by atoms with Gasteiger partial charge in [0.15, 0.2) is 0 Å². The number of halogens is 1. The molecule has 1 aliphatic rings. The number of carboxylic acid groups (broad SMARTS) is 1. The normalized spacial score (nSPS) is 16.6. The molecule has 1 aromatic carbocycles. The number of carbonyl (C=O) groups is 1. The van der Waals surface area contributed by atoms with Gasteiger partial charge in [0, 0.05) is 6.54 Å². The average Bonchev–Trinajstić information content (AvgIpc) is 2.73. The lowest BCUT2D eigenvalue weighted by molar-refractivity contribution is 0.0697. The Kier molecular flexibility index (Phi) is 3.46. The van der Waals surface area contributed by atoms with Crippen molar-refractivity contribution in [1.29, 1.82) is 0 Å². The lowest BCUT2D eigenvalue weighted by atomic mass is 10.1. The average molecular weight is 240 g/mol. The van der Waals surface area contributed by atoms with Crippen molar-refractivity contribution < 1.29 is 9.90 Å². The zero-order chi connectivity index (χ0) is 11.5. The topological polar surface area (TPSA) is 40.5 Å². The third-order valence-electron chi connectivity index (χ3n) is 2.87. The van der Waals surface area contributed by atoms with Gasteiger partial charge in [0.2, 0.25) is 0 Å². The highest BCUT2D eigenvalue weighted by Gasteiger charge is 2.14. The number of hydrogen-bond donors (Lipinski definition) is 1. The lowest BCUT2D eigenvalue weighted by Crippen LogP contribution is -2.18. The van der Waals surface area contributed by atoms with Gasteiger partial charge in [-0.05, 0) is 43.6 Å². The van der Waals surface area contributed by atoms with Crippen LogP contribution >= 0.6 is 11.6 Å². The summed E-state index contributed by atoms with van der Waals surface area (Å²) < 4.78 is 0. The second-order valence-electron chi connectivity index (χ2n) is 4.10. The number of benzene rings is 1. The summed E-state index contributed by atoms with van der Waals surface area (Å²) in [6.45, 7) is 3.02. The van der Waals surface area contributed by atoms with Crippen LogP contribution in [0.5, 0.6) is 0 Å². The third-order valence-corrected chi connectivity index (χ3v) is 3.20. The van der Waals surface area contributed by atoms with Crippen molar-refractivity contribution in [3.05, 3.63) is 34.3 Å². The van der Waals surface area contributed by atoms with Crippen LogP contribution in [-0.4, -0.2) is 29.1 Å². The van der Waals surface area contributed by atoms with E-state index in [0.717, 1.165) is 25.2 Å². The number of nitrogens with zero attached hydrogens (tertiary/aromatic N) is 1. The number of carboxylic acids is 1. The first-order chi connectivity index (χ1) is 7.66. The summed E-state index contributed by atoms with van der Waals surface area (Å²) in [7, 11) is 0. The molecule has 0 radical (unpaired) electrons. The molecule has 86 valence electrons. The van der Waals surface area contributed by atoms with E-state index in [1.165, 1.54) is 12.8 Å². The maximum absolute atomic E-state index is 10.9. The van der Waals surface area contributed by atoms with Gasteiger partial charge in [-0.3, -0.25) is 4.90 Å². The van der Waals surface area contributed by atoms with E-state index in [2.05, 4.69) is 4.90 Å². The first-order valence-corrected chi connectivity index (χ1v) is 5.78. The van der Waals surface area contributed by atoms with Crippen LogP contribution in [0.3, 0.4) is 0 Å². The van der Waals surface area contributed by atoms with Crippen molar-refractivity contribution in [2.45, 2.75) is 19.4 Å². The molecule has 0 bridgehead atoms. The monoisotopic (exact) mass is 239 g/mol. The fraction of sp³-hybridized carbons (Fsp3) is 0.417. The van der Waals surface area contributed by atoms with Gasteiger partial charge in [-0.1, -0.05) is 17.7 Å². The van der Waals surface area contributed by atoms with E-state index in [-0.39, 0.29) is 5.56 Å². The summed E-state index contributed by atoms with van der Waals surface area (Å²) >= 11 is 5.81. The van der Waals surface area contributed by atoms with Crippen molar-refractivity contribution in [1.82, 2.24) is 4.90 Å². The van der Waals surface area contributed by atoms with Crippen LogP contribution in [0.1, 0.15) is 28.8 Å². The Morgan fingerprint density at radius 1 is 1.38 bits per heavy atom. The molecule has 1 aromatic rings. The molecule has 16 heavy (non-hydrogen) atoms. The molecule has 1 saturated heterocycles. The molecule has 1 N–H and O–H groups in total. The van der Waals surface area contributed by atoms with Crippen molar-refractivity contribution in [3.63, 3.8) is 0 Å². The highest BCUT2D eigenvalue weighted by molar-refractivity contribution is 6.33. The van der Waals surface area contributed by atoms with Gasteiger partial charge in [-0.15, -0.1) is 0 Å². The van der Waals surface area contributed by atoms with E-state index in [0.29, 0.717) is 5.02 Å². The van der Waals surface area contributed by atoms with E-state index in [1.54, 1.807) is 12.1 Å². The molecule has 1 aliphatic heterocycles. The minimum atomic E-state index is -0.965. The van der Waals surface area contributed by atoms with Crippen LogP contribution in [0.2, 0.25) is 5.02 Å². The second-order valence-corrected chi connectivity index (χ2v) is 4.51. The van der Waals surface area contributed by atoms with Gasteiger partial charge >= 0.3 is 5.97 Å².